The number of nitrogens with two attached hydrogens (primary N) is 1. The molecule has 0 saturated carbocycles. The molecule has 0 spiro atoms. The van der Waals surface area contributed by atoms with Crippen molar-refractivity contribution in [2.75, 3.05) is 0 Å². The predicted molar refractivity (Wildman–Crippen MR) is 67.5 cm³/mol. The number of aromatic amines is 1. The third-order valence-electron chi connectivity index (χ3n) is 3.34. The van der Waals surface area contributed by atoms with Gasteiger partial charge in [0.05, 0.1) is 5.02 Å². The number of hydrogen-bond donors (Lipinski definition) is 2. The van der Waals surface area contributed by atoms with Crippen LogP contribution in [0.4, 0.5) is 0 Å². The Hall–Kier alpha value is -1.25. The van der Waals surface area contributed by atoms with Crippen molar-refractivity contribution < 1.29 is 0 Å². The minimum absolute atomic E-state index is 0.317. The lowest BCUT2D eigenvalue weighted by molar-refractivity contribution is 0.481. The molecular formula is C13H13ClN2. The van der Waals surface area contributed by atoms with Gasteiger partial charge in [-0.1, -0.05) is 29.8 Å². The van der Waals surface area contributed by atoms with Gasteiger partial charge in [-0.25, -0.2) is 0 Å². The van der Waals surface area contributed by atoms with Gasteiger partial charge in [-0.05, 0) is 30.5 Å². The molecule has 16 heavy (non-hydrogen) atoms. The highest BCUT2D eigenvalue weighted by Gasteiger charge is 2.30. The highest BCUT2D eigenvalue weighted by Crippen LogP contribution is 2.38. The number of halogens is 1. The number of hydrogen-bond acceptors (Lipinski definition) is 1. The Morgan fingerprint density at radius 2 is 1.94 bits per heavy atom. The predicted octanol–water partition coefficient (Wildman–Crippen LogP) is 3.33. The van der Waals surface area contributed by atoms with Crippen molar-refractivity contribution in [3.8, 4) is 0 Å². The van der Waals surface area contributed by atoms with E-state index in [9.17, 15) is 0 Å². The minimum Gasteiger partial charge on any atom is -0.361 e. The van der Waals surface area contributed by atoms with Gasteiger partial charge in [-0.3, -0.25) is 0 Å². The zero-order chi connectivity index (χ0) is 11.2. The quantitative estimate of drug-likeness (QED) is 0.728. The van der Waals surface area contributed by atoms with Crippen LogP contribution in [0.2, 0.25) is 5.02 Å². The fourth-order valence-electron chi connectivity index (χ4n) is 2.37. The summed E-state index contributed by atoms with van der Waals surface area (Å²) >= 11 is 6.42. The van der Waals surface area contributed by atoms with Gasteiger partial charge >= 0.3 is 0 Å². The van der Waals surface area contributed by atoms with Crippen molar-refractivity contribution in [2.45, 2.75) is 18.4 Å². The molecule has 0 unspecified atom stereocenters. The Morgan fingerprint density at radius 3 is 2.69 bits per heavy atom. The Kier molecular flexibility index (Phi) is 2.09. The maximum absolute atomic E-state index is 6.42. The van der Waals surface area contributed by atoms with Gasteiger partial charge in [0.2, 0.25) is 0 Å². The third-order valence-corrected chi connectivity index (χ3v) is 3.74. The highest BCUT2D eigenvalue weighted by atomic mass is 35.5. The zero-order valence-corrected chi connectivity index (χ0v) is 9.59. The van der Waals surface area contributed by atoms with E-state index in [0.29, 0.717) is 0 Å². The number of aromatic nitrogens is 1. The van der Waals surface area contributed by atoms with Crippen LogP contribution in [0.5, 0.6) is 0 Å². The molecule has 0 amide bonds. The lowest BCUT2D eigenvalue weighted by Crippen LogP contribution is -2.33. The summed E-state index contributed by atoms with van der Waals surface area (Å²) in [6.07, 6.45) is 7.87. The van der Waals surface area contributed by atoms with E-state index in [1.165, 1.54) is 0 Å². The van der Waals surface area contributed by atoms with Crippen LogP contribution in [0, 0.1) is 0 Å². The third kappa shape index (κ3) is 1.30. The molecule has 1 aromatic heterocycles. The van der Waals surface area contributed by atoms with Crippen LogP contribution >= 0.6 is 11.6 Å². The van der Waals surface area contributed by atoms with E-state index in [4.69, 9.17) is 17.3 Å². The summed E-state index contributed by atoms with van der Waals surface area (Å²) in [7, 11) is 0. The van der Waals surface area contributed by atoms with Crippen molar-refractivity contribution >= 4 is 22.5 Å². The lowest BCUT2D eigenvalue weighted by Gasteiger charge is -2.25. The Labute approximate surface area is 99.1 Å². The highest BCUT2D eigenvalue weighted by molar-refractivity contribution is 6.36. The standard InChI is InChI=1S/C13H13ClN2/c14-12-9-5-8-16-11(9)4-3-10(12)13(15)6-1-2-7-13/h1-5,8,16H,6-7,15H2. The molecule has 0 radical (unpaired) electrons. The maximum atomic E-state index is 6.42. The molecule has 0 atom stereocenters. The van der Waals surface area contributed by atoms with Crippen LogP contribution in [0.1, 0.15) is 18.4 Å². The first-order chi connectivity index (χ1) is 7.71. The molecule has 82 valence electrons. The molecule has 0 saturated heterocycles. The first-order valence-electron chi connectivity index (χ1n) is 5.41. The molecule has 1 aromatic carbocycles. The molecule has 0 bridgehead atoms. The summed E-state index contributed by atoms with van der Waals surface area (Å²) < 4.78 is 0. The fourth-order valence-corrected chi connectivity index (χ4v) is 2.79. The molecule has 3 N–H and O–H groups in total. The molecule has 0 aliphatic heterocycles. The average Bonchev–Trinajstić information content (AvgIpc) is 2.87. The topological polar surface area (TPSA) is 41.8 Å². The number of fused-ring (bicyclic) bond motifs is 1. The van der Waals surface area contributed by atoms with Crippen LogP contribution in [-0.2, 0) is 5.54 Å². The maximum Gasteiger partial charge on any atom is 0.0550 e. The van der Waals surface area contributed by atoms with Gasteiger partial charge < -0.3 is 10.7 Å². The van der Waals surface area contributed by atoms with E-state index in [1.807, 2.05) is 24.4 Å². The molecule has 1 aliphatic rings. The lowest BCUT2D eigenvalue weighted by atomic mass is 9.88. The summed E-state index contributed by atoms with van der Waals surface area (Å²) in [6, 6.07) is 6.07. The molecule has 2 aromatic rings. The van der Waals surface area contributed by atoms with Crippen molar-refractivity contribution in [3.63, 3.8) is 0 Å². The summed E-state index contributed by atoms with van der Waals surface area (Å²) in [4.78, 5) is 3.15. The van der Waals surface area contributed by atoms with Crippen LogP contribution in [0.25, 0.3) is 10.9 Å². The van der Waals surface area contributed by atoms with E-state index >= 15 is 0 Å². The Balaban J connectivity index is 2.20. The smallest absolute Gasteiger partial charge is 0.0550 e. The summed E-state index contributed by atoms with van der Waals surface area (Å²) in [5, 5.41) is 1.83. The SMILES string of the molecule is NC1(c2ccc3[nH]ccc3c2Cl)CC=CC1. The molecule has 1 aliphatic carbocycles. The van der Waals surface area contributed by atoms with Crippen LogP contribution in [0.3, 0.4) is 0 Å². The number of rotatable bonds is 1. The second-order valence-electron chi connectivity index (χ2n) is 4.40. The Morgan fingerprint density at radius 1 is 1.19 bits per heavy atom. The minimum atomic E-state index is -0.317. The molecule has 3 heteroatoms. The molecule has 3 rings (SSSR count). The van der Waals surface area contributed by atoms with Crippen molar-refractivity contribution in [1.29, 1.82) is 0 Å². The van der Waals surface area contributed by atoms with Gasteiger partial charge in [0, 0.05) is 22.6 Å². The monoisotopic (exact) mass is 232 g/mol. The van der Waals surface area contributed by atoms with E-state index in [-0.39, 0.29) is 5.54 Å². The summed E-state index contributed by atoms with van der Waals surface area (Å²) in [5.74, 6) is 0. The first kappa shape index (κ1) is 9.94. The van der Waals surface area contributed by atoms with Crippen molar-refractivity contribution in [2.24, 2.45) is 5.73 Å². The van der Waals surface area contributed by atoms with Gasteiger partial charge in [0.15, 0.2) is 0 Å². The first-order valence-corrected chi connectivity index (χ1v) is 5.78. The van der Waals surface area contributed by atoms with Gasteiger partial charge in [-0.2, -0.15) is 0 Å². The molecule has 2 nitrogen and oxygen atoms in total. The van der Waals surface area contributed by atoms with Crippen molar-refractivity contribution in [1.82, 2.24) is 4.98 Å². The van der Waals surface area contributed by atoms with E-state index in [0.717, 1.165) is 34.3 Å². The largest absolute Gasteiger partial charge is 0.361 e. The zero-order valence-electron chi connectivity index (χ0n) is 8.83. The summed E-state index contributed by atoms with van der Waals surface area (Å²) in [6.45, 7) is 0. The number of benzene rings is 1. The normalized spacial score (nSPS) is 18.4. The molecule has 1 heterocycles. The molecular weight excluding hydrogens is 220 g/mol. The second kappa shape index (κ2) is 3.37. The fraction of sp³-hybridized carbons (Fsp3) is 0.231. The van der Waals surface area contributed by atoms with Crippen molar-refractivity contribution in [3.05, 3.63) is 47.1 Å². The van der Waals surface area contributed by atoms with Crippen LogP contribution in [-0.4, -0.2) is 4.98 Å². The van der Waals surface area contributed by atoms with Crippen LogP contribution < -0.4 is 5.73 Å². The van der Waals surface area contributed by atoms with E-state index < -0.39 is 0 Å². The number of H-pyrrole nitrogens is 1. The Bertz CT molecular complexity index is 560. The van der Waals surface area contributed by atoms with Gasteiger partial charge in [-0.15, -0.1) is 0 Å². The van der Waals surface area contributed by atoms with E-state index in [2.05, 4.69) is 17.1 Å². The number of nitrogens with one attached hydrogen (secondary N) is 1. The molecule has 0 fully saturated rings. The second-order valence-corrected chi connectivity index (χ2v) is 4.78. The van der Waals surface area contributed by atoms with Gasteiger partial charge in [0.1, 0.15) is 0 Å². The van der Waals surface area contributed by atoms with Crippen LogP contribution in [0.15, 0.2) is 36.5 Å². The summed E-state index contributed by atoms with van der Waals surface area (Å²) in [5.41, 5.74) is 8.17. The average molecular weight is 233 g/mol. The van der Waals surface area contributed by atoms with Gasteiger partial charge in [0.25, 0.3) is 0 Å². The van der Waals surface area contributed by atoms with E-state index in [1.54, 1.807) is 0 Å².